The van der Waals surface area contributed by atoms with Crippen molar-refractivity contribution in [2.45, 2.75) is 38.7 Å². The average Bonchev–Trinajstić information content (AvgIpc) is 2.79. The van der Waals surface area contributed by atoms with Crippen molar-refractivity contribution in [3.8, 4) is 11.3 Å². The van der Waals surface area contributed by atoms with Crippen molar-refractivity contribution < 1.29 is 9.53 Å². The van der Waals surface area contributed by atoms with Crippen molar-refractivity contribution in [1.82, 2.24) is 20.3 Å². The summed E-state index contributed by atoms with van der Waals surface area (Å²) in [5.41, 5.74) is 1.89. The number of rotatable bonds is 6. The Morgan fingerprint density at radius 1 is 1.31 bits per heavy atom. The molecule has 4 heterocycles. The minimum absolute atomic E-state index is 0.0900. The monoisotopic (exact) mass is 456 g/mol. The molecule has 3 N–H and O–H groups in total. The predicted molar refractivity (Wildman–Crippen MR) is 126 cm³/mol. The standard InChI is InChI=1S/C23H29ClN6O2/c1-23(2)9-15(5-7-32-23)10-27-21-14-26-13-19(29-21)17-8-20(28-12-18(17)24)30-22(31)16-4-3-6-25-11-16/h4,8,12-15,25H,3,5-7,9-11H2,1-2H3,(H,27,29)(H,28,30,31)/t15-/m0/s1. The lowest BCUT2D eigenvalue weighted by Gasteiger charge is -2.35. The van der Waals surface area contributed by atoms with Gasteiger partial charge in [-0.15, -0.1) is 0 Å². The maximum atomic E-state index is 12.5. The molecule has 1 amide bonds. The number of carbonyl (C=O) groups is 1. The average molecular weight is 457 g/mol. The first-order valence-electron chi connectivity index (χ1n) is 11.0. The molecule has 0 radical (unpaired) electrons. The van der Waals surface area contributed by atoms with Crippen LogP contribution in [0.2, 0.25) is 5.02 Å². The van der Waals surface area contributed by atoms with Crippen LogP contribution in [0.4, 0.5) is 11.6 Å². The van der Waals surface area contributed by atoms with E-state index in [9.17, 15) is 4.79 Å². The van der Waals surface area contributed by atoms with Crippen LogP contribution in [0.15, 0.2) is 36.3 Å². The summed E-state index contributed by atoms with van der Waals surface area (Å²) in [6, 6.07) is 1.73. The van der Waals surface area contributed by atoms with Crippen molar-refractivity contribution in [3.63, 3.8) is 0 Å². The molecule has 1 atom stereocenters. The number of hydrogen-bond donors (Lipinski definition) is 3. The summed E-state index contributed by atoms with van der Waals surface area (Å²) in [5, 5.41) is 9.88. The molecule has 0 saturated carbocycles. The number of carbonyl (C=O) groups excluding carboxylic acids is 1. The van der Waals surface area contributed by atoms with Gasteiger partial charge in [-0.3, -0.25) is 9.78 Å². The molecule has 0 aromatic carbocycles. The maximum absolute atomic E-state index is 12.5. The smallest absolute Gasteiger partial charge is 0.253 e. The molecule has 9 heteroatoms. The molecule has 8 nitrogen and oxygen atoms in total. The molecule has 2 aliphatic rings. The van der Waals surface area contributed by atoms with Gasteiger partial charge in [0, 0.05) is 37.0 Å². The lowest BCUT2D eigenvalue weighted by Crippen LogP contribution is -2.36. The first kappa shape index (κ1) is 22.6. The van der Waals surface area contributed by atoms with Gasteiger partial charge in [-0.05, 0) is 51.6 Å². The number of amides is 1. The largest absolute Gasteiger partial charge is 0.376 e. The van der Waals surface area contributed by atoms with Crippen LogP contribution in [0.1, 0.15) is 33.1 Å². The molecule has 0 spiro atoms. The summed E-state index contributed by atoms with van der Waals surface area (Å²) >= 11 is 6.40. The Balaban J connectivity index is 1.45. The Labute approximate surface area is 193 Å². The minimum atomic E-state index is -0.168. The lowest BCUT2D eigenvalue weighted by atomic mass is 9.88. The van der Waals surface area contributed by atoms with Gasteiger partial charge < -0.3 is 20.7 Å². The highest BCUT2D eigenvalue weighted by Crippen LogP contribution is 2.30. The van der Waals surface area contributed by atoms with E-state index < -0.39 is 0 Å². The van der Waals surface area contributed by atoms with E-state index in [-0.39, 0.29) is 11.5 Å². The Morgan fingerprint density at radius 3 is 2.97 bits per heavy atom. The van der Waals surface area contributed by atoms with Crippen molar-refractivity contribution in [2.24, 2.45) is 5.92 Å². The van der Waals surface area contributed by atoms with Gasteiger partial charge in [0.05, 0.1) is 28.7 Å². The fourth-order valence-electron chi connectivity index (χ4n) is 4.08. The van der Waals surface area contributed by atoms with Crippen LogP contribution in [0.3, 0.4) is 0 Å². The van der Waals surface area contributed by atoms with Crippen molar-refractivity contribution in [1.29, 1.82) is 0 Å². The van der Waals surface area contributed by atoms with E-state index in [0.717, 1.165) is 39.0 Å². The highest BCUT2D eigenvalue weighted by atomic mass is 35.5. The van der Waals surface area contributed by atoms with Crippen molar-refractivity contribution >= 4 is 29.1 Å². The Hall–Kier alpha value is -2.55. The Morgan fingerprint density at radius 2 is 2.19 bits per heavy atom. The second-order valence-electron chi connectivity index (χ2n) is 8.84. The summed E-state index contributed by atoms with van der Waals surface area (Å²) in [6.07, 6.45) is 9.68. The van der Waals surface area contributed by atoms with Gasteiger partial charge >= 0.3 is 0 Å². The number of nitrogens with one attached hydrogen (secondary N) is 3. The SMILES string of the molecule is CC1(C)C[C@@H](CNc2cncc(-c3cc(NC(=O)C4=CCCNC4)ncc3Cl)n2)CCO1. The van der Waals surface area contributed by atoms with E-state index in [4.69, 9.17) is 16.3 Å². The van der Waals surface area contributed by atoms with Gasteiger partial charge in [0.15, 0.2) is 0 Å². The molecule has 32 heavy (non-hydrogen) atoms. The molecule has 0 aliphatic carbocycles. The summed E-state index contributed by atoms with van der Waals surface area (Å²) in [7, 11) is 0. The van der Waals surface area contributed by atoms with E-state index in [1.807, 2.05) is 6.08 Å². The third kappa shape index (κ3) is 5.82. The first-order valence-corrected chi connectivity index (χ1v) is 11.3. The molecule has 0 unspecified atom stereocenters. The topological polar surface area (TPSA) is 101 Å². The summed E-state index contributed by atoms with van der Waals surface area (Å²) in [4.78, 5) is 25.8. The Kier molecular flexibility index (Phi) is 7.03. The normalized spacial score (nSPS) is 20.3. The van der Waals surface area contributed by atoms with Crippen LogP contribution in [0.25, 0.3) is 11.3 Å². The number of hydrogen-bond acceptors (Lipinski definition) is 7. The van der Waals surface area contributed by atoms with E-state index in [0.29, 0.717) is 46.0 Å². The number of nitrogens with zero attached hydrogens (tertiary/aromatic N) is 3. The highest BCUT2D eigenvalue weighted by Gasteiger charge is 2.28. The van der Waals surface area contributed by atoms with Gasteiger partial charge in [-0.1, -0.05) is 17.7 Å². The summed E-state index contributed by atoms with van der Waals surface area (Å²) < 4.78 is 5.80. The van der Waals surface area contributed by atoms with E-state index >= 15 is 0 Å². The van der Waals surface area contributed by atoms with Crippen LogP contribution in [0, 0.1) is 5.92 Å². The molecule has 2 aromatic heterocycles. The fraction of sp³-hybridized carbons (Fsp3) is 0.478. The molecule has 1 saturated heterocycles. The molecule has 0 bridgehead atoms. The van der Waals surface area contributed by atoms with Gasteiger partial charge in [-0.2, -0.15) is 0 Å². The lowest BCUT2D eigenvalue weighted by molar-refractivity contribution is -0.113. The highest BCUT2D eigenvalue weighted by molar-refractivity contribution is 6.33. The van der Waals surface area contributed by atoms with Crippen molar-refractivity contribution in [2.75, 3.05) is 36.9 Å². The Bertz CT molecular complexity index is 1010. The quantitative estimate of drug-likeness (QED) is 0.609. The molecule has 2 aliphatic heterocycles. The van der Waals surface area contributed by atoms with E-state index in [1.165, 1.54) is 6.20 Å². The van der Waals surface area contributed by atoms with Crippen LogP contribution in [0.5, 0.6) is 0 Å². The third-order valence-electron chi connectivity index (χ3n) is 5.70. The first-order chi connectivity index (χ1) is 15.4. The van der Waals surface area contributed by atoms with Gasteiger partial charge in [0.25, 0.3) is 5.91 Å². The molecule has 1 fully saturated rings. The van der Waals surface area contributed by atoms with Crippen molar-refractivity contribution in [3.05, 3.63) is 41.3 Å². The molecule has 4 rings (SSSR count). The zero-order valence-electron chi connectivity index (χ0n) is 18.4. The number of aromatic nitrogens is 3. The van der Waals surface area contributed by atoms with Crippen LogP contribution in [-0.2, 0) is 9.53 Å². The number of anilines is 2. The second-order valence-corrected chi connectivity index (χ2v) is 9.24. The molecule has 170 valence electrons. The van der Waals surface area contributed by atoms with Gasteiger partial charge in [-0.25, -0.2) is 9.97 Å². The summed E-state index contributed by atoms with van der Waals surface area (Å²) in [6.45, 7) is 7.27. The number of halogens is 1. The van der Waals surface area contributed by atoms with E-state index in [2.05, 4.69) is 44.7 Å². The fourth-order valence-corrected chi connectivity index (χ4v) is 4.28. The second kappa shape index (κ2) is 9.94. The zero-order chi connectivity index (χ0) is 22.6. The van der Waals surface area contributed by atoms with Crippen LogP contribution >= 0.6 is 11.6 Å². The predicted octanol–water partition coefficient (Wildman–Crippen LogP) is 3.67. The minimum Gasteiger partial charge on any atom is -0.376 e. The van der Waals surface area contributed by atoms with Gasteiger partial charge in [0.2, 0.25) is 0 Å². The summed E-state index contributed by atoms with van der Waals surface area (Å²) in [5.74, 6) is 1.45. The number of pyridine rings is 1. The zero-order valence-corrected chi connectivity index (χ0v) is 19.2. The molecule has 2 aromatic rings. The third-order valence-corrected chi connectivity index (χ3v) is 6.00. The number of ether oxygens (including phenoxy) is 1. The van der Waals surface area contributed by atoms with Crippen LogP contribution < -0.4 is 16.0 Å². The van der Waals surface area contributed by atoms with Crippen LogP contribution in [-0.4, -0.2) is 52.7 Å². The maximum Gasteiger partial charge on any atom is 0.253 e. The molecular weight excluding hydrogens is 428 g/mol. The van der Waals surface area contributed by atoms with Gasteiger partial charge in [0.1, 0.15) is 11.6 Å². The van der Waals surface area contributed by atoms with E-state index in [1.54, 1.807) is 18.5 Å². The molecular formula is C23H29ClN6O2.